The van der Waals surface area contributed by atoms with E-state index in [2.05, 4.69) is 46.1 Å². The van der Waals surface area contributed by atoms with Gasteiger partial charge in [-0.15, -0.1) is 11.3 Å². The smallest absolute Gasteiger partial charge is 0.266 e. The number of hydrogen-bond acceptors (Lipinski definition) is 5. The molecule has 0 atom stereocenters. The Labute approximate surface area is 180 Å². The summed E-state index contributed by atoms with van der Waals surface area (Å²) in [7, 11) is 3.86. The van der Waals surface area contributed by atoms with Crippen LogP contribution in [0.4, 0.5) is 5.69 Å². The summed E-state index contributed by atoms with van der Waals surface area (Å²) < 4.78 is 6.47. The van der Waals surface area contributed by atoms with Gasteiger partial charge in [0.2, 0.25) is 0 Å². The van der Waals surface area contributed by atoms with Crippen LogP contribution in [-0.2, 0) is 0 Å². The Hall–Kier alpha value is -2.83. The summed E-state index contributed by atoms with van der Waals surface area (Å²) in [5, 5.41) is 3.98. The van der Waals surface area contributed by atoms with Gasteiger partial charge in [0.1, 0.15) is 10.4 Å². The molecule has 0 amide bonds. The van der Waals surface area contributed by atoms with E-state index >= 15 is 0 Å². The molecule has 2 aromatic heterocycles. The number of rotatable bonds is 3. The molecule has 3 heterocycles. The average molecular weight is 422 g/mol. The highest BCUT2D eigenvalue weighted by molar-refractivity contribution is 7.17. The van der Waals surface area contributed by atoms with Crippen molar-refractivity contribution >= 4 is 38.0 Å². The summed E-state index contributed by atoms with van der Waals surface area (Å²) >= 11 is 1.47. The lowest BCUT2D eigenvalue weighted by molar-refractivity contribution is 0.313. The summed E-state index contributed by atoms with van der Waals surface area (Å²) in [6.07, 6.45) is 0. The van der Waals surface area contributed by atoms with Crippen LogP contribution < -0.4 is 15.2 Å². The van der Waals surface area contributed by atoms with Gasteiger partial charge in [-0.1, -0.05) is 19.6 Å². The lowest BCUT2D eigenvalue weighted by Gasteiger charge is -2.34. The van der Waals surface area contributed by atoms with E-state index in [-0.39, 0.29) is 13.0 Å². The number of fused-ring (bicyclic) bond motifs is 3. The molecule has 0 spiro atoms. The maximum Gasteiger partial charge on any atom is 0.266 e. The van der Waals surface area contributed by atoms with E-state index < -0.39 is 0 Å². The van der Waals surface area contributed by atoms with E-state index in [4.69, 9.17) is 4.74 Å². The lowest BCUT2D eigenvalue weighted by Crippen LogP contribution is -2.44. The summed E-state index contributed by atoms with van der Waals surface area (Å²) in [5.74, 6) is 0.810. The Morgan fingerprint density at radius 2 is 1.73 bits per heavy atom. The molecule has 1 aliphatic rings. The molecule has 1 saturated heterocycles. The highest BCUT2D eigenvalue weighted by Gasteiger charge is 2.18. The SMILES string of the molecule is C.COc1ccc2[nH]c(=O)c3sccc3c2c1-c1ccc(N2CCN(C)CC2)cc1. The van der Waals surface area contributed by atoms with Crippen LogP contribution in [0.5, 0.6) is 5.75 Å². The molecule has 4 aromatic rings. The van der Waals surface area contributed by atoms with Crippen LogP contribution in [0.1, 0.15) is 7.43 Å². The Kier molecular flexibility index (Phi) is 5.54. The molecular weight excluding hydrogens is 394 g/mol. The Balaban J connectivity index is 0.00000218. The number of piperazine rings is 1. The zero-order valence-electron chi connectivity index (χ0n) is 16.6. The number of hydrogen-bond donors (Lipinski definition) is 1. The fourth-order valence-corrected chi connectivity index (χ4v) is 4.98. The van der Waals surface area contributed by atoms with Crippen LogP contribution in [0.2, 0.25) is 0 Å². The number of benzene rings is 2. The molecule has 6 heteroatoms. The highest BCUT2D eigenvalue weighted by Crippen LogP contribution is 2.40. The van der Waals surface area contributed by atoms with Gasteiger partial charge in [-0.25, -0.2) is 0 Å². The van der Waals surface area contributed by atoms with Gasteiger partial charge in [0.25, 0.3) is 5.56 Å². The zero-order chi connectivity index (χ0) is 20.0. The molecular formula is C24H27N3O2S. The molecule has 0 unspecified atom stereocenters. The van der Waals surface area contributed by atoms with Gasteiger partial charge in [0.15, 0.2) is 0 Å². The fraction of sp³-hybridized carbons (Fsp3) is 0.292. The number of nitrogens with zero attached hydrogens (tertiary/aromatic N) is 2. The van der Waals surface area contributed by atoms with Crippen molar-refractivity contribution in [3.05, 3.63) is 58.2 Å². The van der Waals surface area contributed by atoms with Crippen molar-refractivity contribution in [2.24, 2.45) is 0 Å². The van der Waals surface area contributed by atoms with Gasteiger partial charge >= 0.3 is 0 Å². The normalized spacial score (nSPS) is 14.8. The van der Waals surface area contributed by atoms with Crippen LogP contribution >= 0.6 is 11.3 Å². The molecule has 2 aromatic carbocycles. The first-order valence-corrected chi connectivity index (χ1v) is 10.7. The van der Waals surface area contributed by atoms with Crippen LogP contribution in [0.3, 0.4) is 0 Å². The third-order valence-electron chi connectivity index (χ3n) is 5.80. The molecule has 1 fully saturated rings. The topological polar surface area (TPSA) is 48.6 Å². The van der Waals surface area contributed by atoms with E-state index in [0.717, 1.165) is 64.0 Å². The van der Waals surface area contributed by atoms with Crippen LogP contribution in [0.25, 0.3) is 32.1 Å². The van der Waals surface area contributed by atoms with Crippen LogP contribution in [-0.4, -0.2) is 50.2 Å². The summed E-state index contributed by atoms with van der Waals surface area (Å²) in [6.45, 7) is 4.26. The second-order valence-corrected chi connectivity index (χ2v) is 8.44. The molecule has 0 bridgehead atoms. The van der Waals surface area contributed by atoms with E-state index in [1.165, 1.54) is 17.0 Å². The maximum absolute atomic E-state index is 12.4. The first kappa shape index (κ1) is 20.4. The number of nitrogens with one attached hydrogen (secondary N) is 1. The van der Waals surface area contributed by atoms with Crippen molar-refractivity contribution < 1.29 is 4.74 Å². The molecule has 156 valence electrons. The summed E-state index contributed by atoms with van der Waals surface area (Å²) in [5.41, 5.74) is 4.15. The Morgan fingerprint density at radius 1 is 1.00 bits per heavy atom. The third kappa shape index (κ3) is 3.36. The Bertz CT molecular complexity index is 1240. The van der Waals surface area contributed by atoms with E-state index in [1.807, 2.05) is 23.6 Å². The second-order valence-electron chi connectivity index (χ2n) is 7.52. The van der Waals surface area contributed by atoms with Gasteiger partial charge < -0.3 is 19.5 Å². The summed E-state index contributed by atoms with van der Waals surface area (Å²) in [6, 6.07) is 14.6. The number of H-pyrrole nitrogens is 1. The van der Waals surface area contributed by atoms with E-state index in [1.54, 1.807) is 7.11 Å². The molecule has 0 aliphatic carbocycles. The van der Waals surface area contributed by atoms with Gasteiger partial charge in [0, 0.05) is 53.7 Å². The second kappa shape index (κ2) is 8.13. The quantitative estimate of drug-likeness (QED) is 0.516. The highest BCUT2D eigenvalue weighted by atomic mass is 32.1. The van der Waals surface area contributed by atoms with Gasteiger partial charge in [-0.2, -0.15) is 0 Å². The predicted octanol–water partition coefficient (Wildman–Crippen LogP) is 4.81. The van der Waals surface area contributed by atoms with E-state index in [0.29, 0.717) is 0 Å². The van der Waals surface area contributed by atoms with Gasteiger partial charge in [-0.05, 0) is 48.3 Å². The van der Waals surface area contributed by atoms with Gasteiger partial charge in [-0.3, -0.25) is 4.79 Å². The number of ether oxygens (including phenoxy) is 1. The lowest BCUT2D eigenvalue weighted by atomic mass is 9.97. The number of anilines is 1. The summed E-state index contributed by atoms with van der Waals surface area (Å²) in [4.78, 5) is 20.2. The molecule has 1 aliphatic heterocycles. The van der Waals surface area contributed by atoms with Gasteiger partial charge in [0.05, 0.1) is 7.11 Å². The molecule has 1 N–H and O–H groups in total. The van der Waals surface area contributed by atoms with Crippen molar-refractivity contribution in [1.82, 2.24) is 9.88 Å². The molecule has 0 saturated carbocycles. The first-order chi connectivity index (χ1) is 14.2. The molecule has 30 heavy (non-hydrogen) atoms. The minimum atomic E-state index is -0.0379. The van der Waals surface area contributed by atoms with Crippen molar-refractivity contribution in [1.29, 1.82) is 0 Å². The number of pyridine rings is 1. The largest absolute Gasteiger partial charge is 0.496 e. The van der Waals surface area contributed by atoms with Crippen LogP contribution in [0.15, 0.2) is 52.6 Å². The number of methoxy groups -OCH3 is 1. The van der Waals surface area contributed by atoms with E-state index in [9.17, 15) is 4.79 Å². The maximum atomic E-state index is 12.4. The number of likely N-dealkylation sites (N-methyl/N-ethyl adjacent to an activating group) is 1. The first-order valence-electron chi connectivity index (χ1n) is 9.80. The average Bonchev–Trinajstić information content (AvgIpc) is 3.24. The van der Waals surface area contributed by atoms with Crippen molar-refractivity contribution in [3.63, 3.8) is 0 Å². The van der Waals surface area contributed by atoms with Crippen molar-refractivity contribution in [3.8, 4) is 16.9 Å². The predicted molar refractivity (Wildman–Crippen MR) is 128 cm³/mol. The minimum absolute atomic E-state index is 0. The number of aromatic nitrogens is 1. The Morgan fingerprint density at radius 3 is 2.43 bits per heavy atom. The number of aromatic amines is 1. The minimum Gasteiger partial charge on any atom is -0.496 e. The number of thiophene rings is 1. The van der Waals surface area contributed by atoms with Crippen molar-refractivity contribution in [2.45, 2.75) is 7.43 Å². The molecule has 5 rings (SSSR count). The molecule has 5 nitrogen and oxygen atoms in total. The molecule has 0 radical (unpaired) electrons. The third-order valence-corrected chi connectivity index (χ3v) is 6.71. The van der Waals surface area contributed by atoms with Crippen molar-refractivity contribution in [2.75, 3.05) is 45.2 Å². The monoisotopic (exact) mass is 421 g/mol. The standard InChI is InChI=1S/C23H23N3O2S.CH4/c1-25-10-12-26(13-11-25)16-5-3-15(4-6-16)20-19(28-2)8-7-18-21(20)17-9-14-29-22(17)23(27)24-18;/h3-9,14H,10-13H2,1-2H3,(H,24,27);1H4. The zero-order valence-corrected chi connectivity index (χ0v) is 17.4. The fourth-order valence-electron chi connectivity index (χ4n) is 4.19. The van der Waals surface area contributed by atoms with Crippen LogP contribution in [0, 0.1) is 0 Å².